The largest absolute Gasteiger partial charge is 0.147 e. The first kappa shape index (κ1) is 32.7. The zero-order valence-electron chi connectivity index (χ0n) is 26.1. The molecule has 4 heteroatoms. The third kappa shape index (κ3) is 5.12. The number of benzene rings is 5. The Kier molecular flexibility index (Phi) is 9.13. The Morgan fingerprint density at radius 1 is 0.545 bits per heavy atom. The number of halogens is 2. The van der Waals surface area contributed by atoms with Crippen LogP contribution in [0, 0.1) is 0 Å². The quantitative estimate of drug-likeness (QED) is 0.158. The van der Waals surface area contributed by atoms with Crippen molar-refractivity contribution in [1.82, 2.24) is 0 Å². The Balaban J connectivity index is 0.00000192. The van der Waals surface area contributed by atoms with Gasteiger partial charge < -0.3 is 0 Å². The first-order valence-corrected chi connectivity index (χ1v) is 24.5. The molecule has 2 aliphatic rings. The monoisotopic (exact) mass is 668 g/mol. The zero-order valence-corrected chi connectivity index (χ0v) is 30.7. The Morgan fingerprint density at radius 2 is 1.02 bits per heavy atom. The van der Waals surface area contributed by atoms with E-state index in [0.717, 1.165) is 12.8 Å². The summed E-state index contributed by atoms with van der Waals surface area (Å²) in [5, 5.41) is 8.15. The van der Waals surface area contributed by atoms with Gasteiger partial charge in [0.1, 0.15) is 0 Å². The van der Waals surface area contributed by atoms with Gasteiger partial charge in [-0.25, -0.2) is 0 Å². The van der Waals surface area contributed by atoms with Crippen molar-refractivity contribution in [1.29, 1.82) is 0 Å². The van der Waals surface area contributed by atoms with Crippen LogP contribution in [-0.2, 0) is 14.0 Å². The summed E-state index contributed by atoms with van der Waals surface area (Å²) in [7, 11) is 2.44. The second-order valence-corrected chi connectivity index (χ2v) is 33.6. The number of fused-ring (bicyclic) bond motifs is 3. The van der Waals surface area contributed by atoms with Crippen molar-refractivity contribution in [3.8, 4) is 22.3 Å². The van der Waals surface area contributed by atoms with Crippen molar-refractivity contribution >= 4 is 55.4 Å². The molecule has 5 aromatic rings. The summed E-state index contributed by atoms with van der Waals surface area (Å²) in [6, 6.07) is 40.8. The maximum atomic E-state index is 2.75. The molecule has 0 aliphatic heterocycles. The molecule has 2 unspecified atom stereocenters. The van der Waals surface area contributed by atoms with Gasteiger partial charge in [0, 0.05) is 0 Å². The van der Waals surface area contributed by atoms with Crippen molar-refractivity contribution in [3.63, 3.8) is 0 Å². The molecular formula is C40H42Cl2SiTi. The average molecular weight is 670 g/mol. The Morgan fingerprint density at radius 3 is 1.64 bits per heavy atom. The van der Waals surface area contributed by atoms with Crippen LogP contribution in [0.3, 0.4) is 0 Å². The van der Waals surface area contributed by atoms with Crippen LogP contribution >= 0.6 is 24.8 Å². The molecule has 0 saturated carbocycles. The summed E-state index contributed by atoms with van der Waals surface area (Å²) >= 11 is -3.35. The Labute approximate surface area is 278 Å². The van der Waals surface area contributed by atoms with E-state index in [1.165, 1.54) is 44.2 Å². The molecule has 2 atom stereocenters. The number of rotatable bonds is 6. The fourth-order valence-electron chi connectivity index (χ4n) is 8.51. The molecule has 0 bridgehead atoms. The van der Waals surface area contributed by atoms with E-state index in [0.29, 0.717) is 8.45 Å². The topological polar surface area (TPSA) is 0 Å². The van der Waals surface area contributed by atoms with Crippen LogP contribution in [0.2, 0.25) is 10.5 Å². The van der Waals surface area contributed by atoms with Crippen molar-refractivity contribution in [2.45, 2.75) is 45.6 Å². The average Bonchev–Trinajstić information content (AvgIpc) is 3.61. The first-order chi connectivity index (χ1) is 20.3. The second kappa shape index (κ2) is 12.3. The smallest absolute Gasteiger partial charge is 0.147 e. The standard InChI is InChI=1S/C21H17.C17H15.2CH3.2ClH.H2Si.Ti/c1-2-15-13-17-9-6-12-20(21(17)14-15)19-11-5-8-16-7-3-4-10-18(16)19;1-2-13-11-15-9-6-10-16(17(15)12-13)14-7-4-3-5-8-14;;;;;;/h3-14H,2H2,1H3;3-12H,2H2,1H3;2*1H3;2*1H;1H2;. The number of hydrogen-bond donors (Lipinski definition) is 0. The second-order valence-electron chi connectivity index (χ2n) is 13.5. The van der Waals surface area contributed by atoms with Gasteiger partial charge in [-0.15, -0.1) is 24.8 Å². The van der Waals surface area contributed by atoms with Gasteiger partial charge in [-0.3, -0.25) is 0 Å². The maximum Gasteiger partial charge on any atom is -0.147 e. The van der Waals surface area contributed by atoms with Gasteiger partial charge in [-0.2, -0.15) is 0 Å². The van der Waals surface area contributed by atoms with Crippen LogP contribution in [-0.4, -0.2) is 7.63 Å². The molecule has 0 radical (unpaired) electrons. The van der Waals surface area contributed by atoms with Gasteiger partial charge in [0.25, 0.3) is 0 Å². The molecule has 0 spiro atoms. The van der Waals surface area contributed by atoms with Crippen LogP contribution in [0.4, 0.5) is 0 Å². The van der Waals surface area contributed by atoms with Crippen LogP contribution < -0.4 is 0 Å². The Bertz CT molecular complexity index is 1990. The van der Waals surface area contributed by atoms with Crippen molar-refractivity contribution in [2.24, 2.45) is 0 Å². The molecule has 0 fully saturated rings. The fourth-order valence-corrected chi connectivity index (χ4v) is 21.7. The predicted octanol–water partition coefficient (Wildman–Crippen LogP) is 11.7. The molecule has 0 nitrogen and oxygen atoms in total. The summed E-state index contributed by atoms with van der Waals surface area (Å²) in [5.41, 5.74) is 14.8. The van der Waals surface area contributed by atoms with Crippen LogP contribution in [0.25, 0.3) is 45.2 Å². The summed E-state index contributed by atoms with van der Waals surface area (Å²) < 4.78 is 1.04. The molecule has 0 saturated heterocycles. The SMILES string of the molecule is CCC1=Cc2c(-c3ccccc3)cccc2[CH]1[Ti]([CH3])([CH3])(=[SiH2])[CH]1C(CC)=Cc2c(-c3cccc4ccccc34)cccc21.Cl.Cl. The maximum absolute atomic E-state index is 3.35. The molecule has 44 heavy (non-hydrogen) atoms. The molecule has 0 heterocycles. The van der Waals surface area contributed by atoms with Crippen LogP contribution in [0.1, 0.15) is 57.4 Å². The third-order valence-corrected chi connectivity index (χ3v) is 21.6. The zero-order chi connectivity index (χ0) is 29.1. The molecule has 0 amide bonds. The van der Waals surface area contributed by atoms with E-state index in [2.05, 4.69) is 153 Å². The van der Waals surface area contributed by atoms with Gasteiger partial charge in [0.05, 0.1) is 0 Å². The molecule has 224 valence electrons. The summed E-state index contributed by atoms with van der Waals surface area (Å²) in [6.45, 7) is 4.75. The van der Waals surface area contributed by atoms with Crippen LogP contribution in [0.5, 0.6) is 0 Å². The molecule has 5 aromatic carbocycles. The molecule has 7 rings (SSSR count). The summed E-state index contributed by atoms with van der Waals surface area (Å²) in [5.74, 6) is 0. The molecule has 2 aliphatic carbocycles. The van der Waals surface area contributed by atoms with Gasteiger partial charge in [0.2, 0.25) is 0 Å². The minimum atomic E-state index is -3.35. The van der Waals surface area contributed by atoms with Gasteiger partial charge >= 0.3 is 255 Å². The van der Waals surface area contributed by atoms with E-state index >= 15 is 0 Å². The fraction of sp³-hybridized carbons (Fsp3) is 0.200. The minimum Gasteiger partial charge on any atom is -0.147 e. The van der Waals surface area contributed by atoms with E-state index in [-0.39, 0.29) is 24.8 Å². The summed E-state index contributed by atoms with van der Waals surface area (Å²) in [4.78, 5) is 0. The van der Waals surface area contributed by atoms with E-state index in [4.69, 9.17) is 0 Å². The Hall–Kier alpha value is -2.65. The predicted molar refractivity (Wildman–Crippen MR) is 198 cm³/mol. The van der Waals surface area contributed by atoms with Gasteiger partial charge in [0.15, 0.2) is 0 Å². The number of hydrogen-bond acceptors (Lipinski definition) is 0. The van der Waals surface area contributed by atoms with Crippen molar-refractivity contribution in [2.75, 3.05) is 0 Å². The number of allylic oxidation sites excluding steroid dienone is 2. The van der Waals surface area contributed by atoms with E-state index in [1.807, 2.05) is 0 Å². The van der Waals surface area contributed by atoms with Crippen molar-refractivity contribution < 1.29 is 14.0 Å². The first-order valence-electron chi connectivity index (χ1n) is 15.6. The van der Waals surface area contributed by atoms with Gasteiger partial charge in [-0.05, 0) is 0 Å². The van der Waals surface area contributed by atoms with E-state index in [9.17, 15) is 0 Å². The summed E-state index contributed by atoms with van der Waals surface area (Å²) in [6.07, 6.45) is 7.37. The van der Waals surface area contributed by atoms with E-state index < -0.39 is 14.0 Å². The van der Waals surface area contributed by atoms with Crippen molar-refractivity contribution in [3.05, 3.63) is 143 Å². The van der Waals surface area contributed by atoms with Gasteiger partial charge in [-0.1, -0.05) is 0 Å². The molecule has 0 N–H and O–H groups in total. The molecule has 0 aromatic heterocycles. The van der Waals surface area contributed by atoms with Crippen LogP contribution in [0.15, 0.2) is 120 Å². The molecular weight excluding hydrogens is 627 g/mol. The normalized spacial score (nSPS) is 17.2. The van der Waals surface area contributed by atoms with E-state index in [1.54, 1.807) is 22.3 Å². The minimum absolute atomic E-state index is 0. The third-order valence-electron chi connectivity index (χ3n) is 10.2.